The van der Waals surface area contributed by atoms with E-state index in [1.165, 1.54) is 0 Å². The molecule has 3 heterocycles. The molecule has 5 rings (SSSR count). The highest BCUT2D eigenvalue weighted by Gasteiger charge is 2.20. The van der Waals surface area contributed by atoms with Gasteiger partial charge in [0.1, 0.15) is 0 Å². The summed E-state index contributed by atoms with van der Waals surface area (Å²) >= 11 is 0. The van der Waals surface area contributed by atoms with E-state index in [2.05, 4.69) is 30.5 Å². The van der Waals surface area contributed by atoms with E-state index < -0.39 is 0 Å². The summed E-state index contributed by atoms with van der Waals surface area (Å²) in [5.41, 5.74) is 5.23. The van der Waals surface area contributed by atoms with Crippen molar-refractivity contribution in [2.45, 2.75) is 6.04 Å². The number of pyridine rings is 1. The van der Waals surface area contributed by atoms with Crippen LogP contribution in [0.3, 0.4) is 0 Å². The van der Waals surface area contributed by atoms with Crippen LogP contribution in [0.25, 0.3) is 33.2 Å². The zero-order valence-corrected chi connectivity index (χ0v) is 17.8. The first-order valence-electron chi connectivity index (χ1n) is 10.4. The average Bonchev–Trinajstić information content (AvgIpc) is 3.41. The van der Waals surface area contributed by atoms with Gasteiger partial charge in [-0.05, 0) is 43.9 Å². The Morgan fingerprint density at radius 1 is 1.00 bits per heavy atom. The molecule has 1 atom stereocenters. The second-order valence-electron chi connectivity index (χ2n) is 7.99. The number of aromatic nitrogens is 5. The molecule has 5 aromatic rings. The van der Waals surface area contributed by atoms with Gasteiger partial charge in [0, 0.05) is 29.9 Å². The molecule has 0 aliphatic carbocycles. The van der Waals surface area contributed by atoms with Crippen molar-refractivity contribution in [1.29, 1.82) is 0 Å². The van der Waals surface area contributed by atoms with Crippen LogP contribution in [-0.2, 0) is 0 Å². The molecule has 1 amide bonds. The lowest BCUT2D eigenvalue weighted by Crippen LogP contribution is -2.35. The Kier molecular flexibility index (Phi) is 5.12. The van der Waals surface area contributed by atoms with Crippen molar-refractivity contribution < 1.29 is 4.79 Å². The standard InChI is InChI=1S/C24H23N7O/c1-31(2)14-21(15-6-4-3-5-7-15)28-24(32)23-26-19-12-17-18(13-20(19)27-23)29-30-22(17)16-8-10-25-11-9-16/h3-13,21,29-30H,14H2,1-2H3,(H,28,32)/t21-/m1/s1. The van der Waals surface area contributed by atoms with Crippen molar-refractivity contribution in [3.8, 4) is 11.3 Å². The van der Waals surface area contributed by atoms with Crippen LogP contribution in [-0.4, -0.2) is 56.6 Å². The van der Waals surface area contributed by atoms with Crippen LogP contribution in [0.15, 0.2) is 67.0 Å². The lowest BCUT2D eigenvalue weighted by Gasteiger charge is -2.22. The van der Waals surface area contributed by atoms with Gasteiger partial charge in [-0.1, -0.05) is 30.3 Å². The third kappa shape index (κ3) is 3.83. The van der Waals surface area contributed by atoms with Crippen LogP contribution >= 0.6 is 0 Å². The summed E-state index contributed by atoms with van der Waals surface area (Å²) in [7, 11) is 3.96. The van der Waals surface area contributed by atoms with Crippen LogP contribution < -0.4 is 5.32 Å². The molecule has 0 fully saturated rings. The van der Waals surface area contributed by atoms with Crippen LogP contribution in [0, 0.1) is 0 Å². The van der Waals surface area contributed by atoms with Crippen LogP contribution in [0.1, 0.15) is 22.2 Å². The first kappa shape index (κ1) is 19.9. The summed E-state index contributed by atoms with van der Waals surface area (Å²) in [5, 5.41) is 10.4. The highest BCUT2D eigenvalue weighted by atomic mass is 16.2. The number of nitrogens with one attached hydrogen (secondary N) is 3. The van der Waals surface area contributed by atoms with Crippen molar-refractivity contribution >= 4 is 27.8 Å². The van der Waals surface area contributed by atoms with Crippen molar-refractivity contribution in [3.05, 3.63) is 78.4 Å². The van der Waals surface area contributed by atoms with Gasteiger partial charge >= 0.3 is 0 Å². The fourth-order valence-corrected chi connectivity index (χ4v) is 3.87. The predicted molar refractivity (Wildman–Crippen MR) is 124 cm³/mol. The van der Waals surface area contributed by atoms with Crippen molar-refractivity contribution in [2.75, 3.05) is 20.6 Å². The molecular weight excluding hydrogens is 402 g/mol. The monoisotopic (exact) mass is 425 g/mol. The number of benzene rings is 2. The number of imidazole rings is 1. The Morgan fingerprint density at radius 3 is 2.44 bits per heavy atom. The molecule has 2 aromatic carbocycles. The first-order chi connectivity index (χ1) is 15.6. The fourth-order valence-electron chi connectivity index (χ4n) is 3.87. The quantitative estimate of drug-likeness (QED) is 0.386. The van der Waals surface area contributed by atoms with E-state index in [0.29, 0.717) is 17.6 Å². The van der Waals surface area contributed by atoms with Gasteiger partial charge in [0.2, 0.25) is 5.82 Å². The number of nitrogens with zero attached hydrogens (tertiary/aromatic N) is 4. The van der Waals surface area contributed by atoms with Gasteiger partial charge in [-0.3, -0.25) is 14.9 Å². The van der Waals surface area contributed by atoms with Gasteiger partial charge in [0.25, 0.3) is 5.91 Å². The van der Waals surface area contributed by atoms with E-state index in [0.717, 1.165) is 27.7 Å². The SMILES string of the molecule is CN(C)C[C@@H](NC(=O)c1nc2cc3[nH][nH]c(-c4ccncc4)c3cc2n1)c1ccccc1. The third-order valence-electron chi connectivity index (χ3n) is 5.39. The number of carbonyl (C=O) groups is 1. The Balaban J connectivity index is 1.47. The maximum Gasteiger partial charge on any atom is 0.289 e. The summed E-state index contributed by atoms with van der Waals surface area (Å²) in [6.07, 6.45) is 3.50. The van der Waals surface area contributed by atoms with Gasteiger partial charge in [-0.15, -0.1) is 0 Å². The van der Waals surface area contributed by atoms with Crippen LogP contribution in [0.2, 0.25) is 0 Å². The highest BCUT2D eigenvalue weighted by molar-refractivity contribution is 6.02. The molecule has 0 aliphatic rings. The fraction of sp³-hybridized carbons (Fsp3) is 0.167. The van der Waals surface area contributed by atoms with Gasteiger partial charge in [0.15, 0.2) is 0 Å². The van der Waals surface area contributed by atoms with Gasteiger partial charge < -0.3 is 15.3 Å². The predicted octanol–water partition coefficient (Wildman–Crippen LogP) is 3.53. The van der Waals surface area contributed by atoms with E-state index in [1.807, 2.05) is 73.6 Å². The summed E-state index contributed by atoms with van der Waals surface area (Å²) in [6, 6.07) is 17.5. The zero-order valence-electron chi connectivity index (χ0n) is 17.8. The van der Waals surface area contributed by atoms with E-state index in [4.69, 9.17) is 0 Å². The van der Waals surface area contributed by atoms with Crippen LogP contribution in [0.5, 0.6) is 0 Å². The molecule has 0 saturated carbocycles. The van der Waals surface area contributed by atoms with Crippen molar-refractivity contribution in [1.82, 2.24) is 35.4 Å². The average molecular weight is 425 g/mol. The lowest BCUT2D eigenvalue weighted by molar-refractivity contribution is 0.0920. The molecule has 8 nitrogen and oxygen atoms in total. The Labute approximate surface area is 184 Å². The van der Waals surface area contributed by atoms with Crippen molar-refractivity contribution in [3.63, 3.8) is 0 Å². The summed E-state index contributed by atoms with van der Waals surface area (Å²) in [6.45, 7) is 0.671. The Morgan fingerprint density at radius 2 is 1.72 bits per heavy atom. The molecular formula is C24H23N7O. The molecule has 8 heteroatoms. The molecule has 0 spiro atoms. The highest BCUT2D eigenvalue weighted by Crippen LogP contribution is 2.29. The zero-order chi connectivity index (χ0) is 22.1. The molecule has 3 aromatic heterocycles. The summed E-state index contributed by atoms with van der Waals surface area (Å²) in [4.78, 5) is 28.2. The second kappa shape index (κ2) is 8.24. The van der Waals surface area contributed by atoms with E-state index in [-0.39, 0.29) is 17.8 Å². The van der Waals surface area contributed by atoms with E-state index >= 15 is 0 Å². The number of likely N-dealkylation sites (N-methyl/N-ethyl adjacent to an activating group) is 1. The molecule has 0 radical (unpaired) electrons. The molecule has 0 bridgehead atoms. The smallest absolute Gasteiger partial charge is 0.289 e. The normalized spacial score (nSPS) is 12.5. The number of hydrogen-bond donors (Lipinski definition) is 3. The van der Waals surface area contributed by atoms with E-state index in [9.17, 15) is 4.79 Å². The summed E-state index contributed by atoms with van der Waals surface area (Å²) in [5.74, 6) is -0.122. The van der Waals surface area contributed by atoms with Gasteiger partial charge in [-0.25, -0.2) is 9.97 Å². The number of hydrogen-bond acceptors (Lipinski definition) is 5. The van der Waals surface area contributed by atoms with Gasteiger partial charge in [-0.2, -0.15) is 0 Å². The second-order valence-corrected chi connectivity index (χ2v) is 7.99. The first-order valence-corrected chi connectivity index (χ1v) is 10.4. The summed E-state index contributed by atoms with van der Waals surface area (Å²) < 4.78 is 0. The molecule has 0 saturated heterocycles. The number of fused-ring (bicyclic) bond motifs is 2. The number of carbonyl (C=O) groups excluding carboxylic acids is 1. The third-order valence-corrected chi connectivity index (χ3v) is 5.39. The molecule has 160 valence electrons. The molecule has 0 unspecified atom stereocenters. The molecule has 0 aliphatic heterocycles. The van der Waals surface area contributed by atoms with E-state index in [1.54, 1.807) is 12.4 Å². The number of rotatable bonds is 6. The number of H-pyrrole nitrogens is 2. The number of amides is 1. The maximum absolute atomic E-state index is 13.0. The minimum Gasteiger partial charge on any atom is -0.341 e. The van der Waals surface area contributed by atoms with Crippen LogP contribution in [0.4, 0.5) is 0 Å². The lowest BCUT2D eigenvalue weighted by atomic mass is 10.1. The molecule has 32 heavy (non-hydrogen) atoms. The minimum atomic E-state index is -0.290. The Hall–Kier alpha value is -4.04. The maximum atomic E-state index is 13.0. The molecule has 3 N–H and O–H groups in total. The van der Waals surface area contributed by atoms with Crippen molar-refractivity contribution in [2.24, 2.45) is 0 Å². The largest absolute Gasteiger partial charge is 0.341 e. The van der Waals surface area contributed by atoms with Gasteiger partial charge in [0.05, 0.1) is 28.3 Å². The Bertz CT molecular complexity index is 1370. The topological polar surface area (TPSA) is 103 Å². The minimum absolute atomic E-state index is 0.164. The number of aromatic amines is 2.